The fourth-order valence-electron chi connectivity index (χ4n) is 1.88. The van der Waals surface area contributed by atoms with Gasteiger partial charge in [-0.15, -0.1) is 0 Å². The predicted molar refractivity (Wildman–Crippen MR) is 69.4 cm³/mol. The zero-order chi connectivity index (χ0) is 13.7. The highest BCUT2D eigenvalue weighted by Crippen LogP contribution is 2.24. The van der Waals surface area contributed by atoms with Gasteiger partial charge < -0.3 is 20.9 Å². The van der Waals surface area contributed by atoms with Crippen molar-refractivity contribution < 1.29 is 14.6 Å². The maximum atomic E-state index is 11.4. The van der Waals surface area contributed by atoms with Crippen LogP contribution in [0.25, 0.3) is 0 Å². The van der Waals surface area contributed by atoms with Crippen LogP contribution in [0.2, 0.25) is 0 Å². The fourth-order valence-corrected chi connectivity index (χ4v) is 1.88. The highest BCUT2D eigenvalue weighted by Gasteiger charge is 2.12. The Balaban J connectivity index is 2.72. The van der Waals surface area contributed by atoms with Gasteiger partial charge in [0.05, 0.1) is 7.11 Å². The van der Waals surface area contributed by atoms with Gasteiger partial charge in [0.25, 0.3) is 0 Å². The van der Waals surface area contributed by atoms with Gasteiger partial charge in [-0.1, -0.05) is 12.1 Å². The monoisotopic (exact) mass is 252 g/mol. The molecule has 4 N–H and O–H groups in total. The van der Waals surface area contributed by atoms with Crippen LogP contribution in [0.1, 0.15) is 16.7 Å². The third-order valence-electron chi connectivity index (χ3n) is 2.72. The first kappa shape index (κ1) is 14.5. The molecule has 0 aromatic heterocycles. The number of aryl methyl sites for hydroxylation is 2. The second kappa shape index (κ2) is 6.37. The van der Waals surface area contributed by atoms with E-state index < -0.39 is 12.0 Å². The smallest absolute Gasteiger partial charge is 0.250 e. The van der Waals surface area contributed by atoms with Gasteiger partial charge in [-0.05, 0) is 30.5 Å². The molecular weight excluding hydrogens is 232 g/mol. The molecule has 1 amide bonds. The highest BCUT2D eigenvalue weighted by molar-refractivity contribution is 5.80. The normalized spacial score (nSPS) is 12.1. The summed E-state index contributed by atoms with van der Waals surface area (Å²) in [5, 5.41) is 11.9. The van der Waals surface area contributed by atoms with E-state index in [4.69, 9.17) is 10.5 Å². The van der Waals surface area contributed by atoms with Crippen molar-refractivity contribution in [3.8, 4) is 5.75 Å². The lowest BCUT2D eigenvalue weighted by Crippen LogP contribution is -2.38. The Bertz CT molecular complexity index is 409. The second-order valence-electron chi connectivity index (χ2n) is 4.23. The third-order valence-corrected chi connectivity index (χ3v) is 2.72. The van der Waals surface area contributed by atoms with Gasteiger partial charge in [0, 0.05) is 13.1 Å². The van der Waals surface area contributed by atoms with Crippen LogP contribution >= 0.6 is 0 Å². The van der Waals surface area contributed by atoms with Gasteiger partial charge in [-0.25, -0.2) is 0 Å². The number of carbonyl (C=O) groups is 1. The van der Waals surface area contributed by atoms with E-state index in [9.17, 15) is 9.90 Å². The first-order valence-corrected chi connectivity index (χ1v) is 5.79. The summed E-state index contributed by atoms with van der Waals surface area (Å²) in [4.78, 5) is 11.4. The minimum atomic E-state index is -1.15. The number of amides is 1. The first-order valence-electron chi connectivity index (χ1n) is 5.79. The zero-order valence-corrected chi connectivity index (χ0v) is 11.0. The maximum absolute atomic E-state index is 11.4. The van der Waals surface area contributed by atoms with Crippen molar-refractivity contribution in [1.29, 1.82) is 0 Å². The van der Waals surface area contributed by atoms with Gasteiger partial charge in [0.2, 0.25) is 5.91 Å². The summed E-state index contributed by atoms with van der Waals surface area (Å²) < 4.78 is 5.27. The Morgan fingerprint density at radius 3 is 2.44 bits per heavy atom. The van der Waals surface area contributed by atoms with Crippen molar-refractivity contribution in [1.82, 2.24) is 5.32 Å². The van der Waals surface area contributed by atoms with Crippen LogP contribution in [-0.2, 0) is 11.3 Å². The summed E-state index contributed by atoms with van der Waals surface area (Å²) in [6.07, 6.45) is -1.15. The molecule has 1 aromatic carbocycles. The summed E-state index contributed by atoms with van der Waals surface area (Å²) >= 11 is 0. The minimum Gasteiger partial charge on any atom is -0.496 e. The number of aliphatic hydroxyl groups is 1. The van der Waals surface area contributed by atoms with E-state index in [0.29, 0.717) is 6.54 Å². The Hall–Kier alpha value is -1.59. The summed E-state index contributed by atoms with van der Waals surface area (Å²) in [5.74, 6) is 0.399. The molecule has 0 radical (unpaired) electrons. The number of methoxy groups -OCH3 is 1. The lowest BCUT2D eigenvalue weighted by molar-refractivity contribution is -0.128. The van der Waals surface area contributed by atoms with Crippen LogP contribution in [0.4, 0.5) is 0 Å². The van der Waals surface area contributed by atoms with Crippen molar-refractivity contribution in [3.05, 3.63) is 28.8 Å². The van der Waals surface area contributed by atoms with Crippen LogP contribution in [0.5, 0.6) is 5.75 Å². The standard InChI is InChI=1S/C13H20N2O3/c1-8-4-10(5-9(2)12(8)18-3)7-15-13(17)11(16)6-14/h4-5,11,16H,6-7,14H2,1-3H3,(H,15,17). The number of carbonyl (C=O) groups excluding carboxylic acids is 1. The molecular formula is C13H20N2O3. The highest BCUT2D eigenvalue weighted by atomic mass is 16.5. The number of aliphatic hydroxyl groups excluding tert-OH is 1. The topological polar surface area (TPSA) is 84.6 Å². The molecule has 5 heteroatoms. The van der Waals surface area contributed by atoms with Crippen molar-refractivity contribution >= 4 is 5.91 Å². The molecule has 1 aromatic rings. The van der Waals surface area contributed by atoms with E-state index in [-0.39, 0.29) is 6.54 Å². The predicted octanol–water partition coefficient (Wildman–Crippen LogP) is 0.248. The van der Waals surface area contributed by atoms with E-state index in [2.05, 4.69) is 5.32 Å². The molecule has 0 saturated heterocycles. The Kier molecular flexibility index (Phi) is 5.12. The molecule has 18 heavy (non-hydrogen) atoms. The molecule has 0 aliphatic carbocycles. The minimum absolute atomic E-state index is 0.0769. The number of ether oxygens (including phenoxy) is 1. The lowest BCUT2D eigenvalue weighted by Gasteiger charge is -2.13. The van der Waals surface area contributed by atoms with Crippen molar-refractivity contribution in [2.45, 2.75) is 26.5 Å². The summed E-state index contributed by atoms with van der Waals surface area (Å²) in [5.41, 5.74) is 8.19. The molecule has 1 unspecified atom stereocenters. The van der Waals surface area contributed by atoms with Gasteiger partial charge in [0.1, 0.15) is 11.9 Å². The average Bonchev–Trinajstić information content (AvgIpc) is 2.34. The van der Waals surface area contributed by atoms with Crippen LogP contribution in [0.3, 0.4) is 0 Å². The SMILES string of the molecule is COc1c(C)cc(CNC(=O)C(O)CN)cc1C. The second-order valence-corrected chi connectivity index (χ2v) is 4.23. The Morgan fingerprint density at radius 2 is 2.00 bits per heavy atom. The van der Waals surface area contributed by atoms with Gasteiger partial charge in [-0.2, -0.15) is 0 Å². The molecule has 1 rings (SSSR count). The van der Waals surface area contributed by atoms with E-state index in [1.807, 2.05) is 26.0 Å². The zero-order valence-electron chi connectivity index (χ0n) is 11.0. The summed E-state index contributed by atoms with van der Waals surface area (Å²) in [6.45, 7) is 4.19. The molecule has 0 aliphatic rings. The number of rotatable bonds is 5. The van der Waals surface area contributed by atoms with E-state index >= 15 is 0 Å². The molecule has 0 fully saturated rings. The molecule has 0 aliphatic heterocycles. The Labute approximate surface area is 107 Å². The lowest BCUT2D eigenvalue weighted by atomic mass is 10.1. The molecule has 1 atom stereocenters. The van der Waals surface area contributed by atoms with Crippen molar-refractivity contribution in [2.75, 3.05) is 13.7 Å². The molecule has 0 bridgehead atoms. The largest absolute Gasteiger partial charge is 0.496 e. The average molecular weight is 252 g/mol. The molecule has 100 valence electrons. The number of hydrogen-bond donors (Lipinski definition) is 3. The van der Waals surface area contributed by atoms with E-state index in [1.54, 1.807) is 7.11 Å². The van der Waals surface area contributed by atoms with E-state index in [1.165, 1.54) is 0 Å². The van der Waals surface area contributed by atoms with Crippen LogP contribution in [0, 0.1) is 13.8 Å². The maximum Gasteiger partial charge on any atom is 0.250 e. The van der Waals surface area contributed by atoms with Crippen LogP contribution in [0.15, 0.2) is 12.1 Å². The first-order chi connectivity index (χ1) is 8.49. The van der Waals surface area contributed by atoms with Gasteiger partial charge >= 0.3 is 0 Å². The summed E-state index contributed by atoms with van der Waals surface area (Å²) in [6, 6.07) is 3.89. The molecule has 0 heterocycles. The van der Waals surface area contributed by atoms with Gasteiger partial charge in [-0.3, -0.25) is 4.79 Å². The Morgan fingerprint density at radius 1 is 1.44 bits per heavy atom. The van der Waals surface area contributed by atoms with Gasteiger partial charge in [0.15, 0.2) is 0 Å². The number of nitrogens with two attached hydrogens (primary N) is 1. The van der Waals surface area contributed by atoms with Crippen LogP contribution < -0.4 is 15.8 Å². The molecule has 0 saturated carbocycles. The number of hydrogen-bond acceptors (Lipinski definition) is 4. The van der Waals surface area contributed by atoms with Crippen molar-refractivity contribution in [3.63, 3.8) is 0 Å². The van der Waals surface area contributed by atoms with Crippen LogP contribution in [-0.4, -0.2) is 30.8 Å². The number of nitrogens with one attached hydrogen (secondary N) is 1. The third kappa shape index (κ3) is 3.45. The van der Waals surface area contributed by atoms with Crippen molar-refractivity contribution in [2.24, 2.45) is 5.73 Å². The van der Waals surface area contributed by atoms with E-state index in [0.717, 1.165) is 22.4 Å². The summed E-state index contributed by atoms with van der Waals surface area (Å²) in [7, 11) is 1.63. The fraction of sp³-hybridized carbons (Fsp3) is 0.462. The molecule has 0 spiro atoms. The quantitative estimate of drug-likeness (QED) is 0.701. The number of benzene rings is 1. The molecule has 5 nitrogen and oxygen atoms in total.